The van der Waals surface area contributed by atoms with Crippen molar-refractivity contribution in [3.8, 4) is 11.1 Å². The Morgan fingerprint density at radius 1 is 1.03 bits per heavy atom. The number of halogens is 1. The second kappa shape index (κ2) is 10.3. The summed E-state index contributed by atoms with van der Waals surface area (Å²) in [5.41, 5.74) is 5.23. The molecule has 0 saturated carbocycles. The van der Waals surface area contributed by atoms with Crippen molar-refractivity contribution in [3.05, 3.63) is 87.9 Å². The fourth-order valence-corrected chi connectivity index (χ4v) is 4.64. The number of nitrogens with zero attached hydrogens (tertiary/aromatic N) is 1. The molecule has 2 amide bonds. The number of nitrogens with one attached hydrogen (secondary N) is 1. The van der Waals surface area contributed by atoms with Gasteiger partial charge >= 0.3 is 12.1 Å². The van der Waals surface area contributed by atoms with E-state index >= 15 is 0 Å². The topological polar surface area (TPSA) is 95.9 Å². The maximum absolute atomic E-state index is 12.8. The molecule has 3 aromatic rings. The number of carbonyl (C=O) groups excluding carboxylic acids is 2. The first kappa shape index (κ1) is 24.5. The Bertz CT molecular complexity index is 1250. The van der Waals surface area contributed by atoms with Crippen LogP contribution in [0, 0.1) is 5.92 Å². The second-order valence-electron chi connectivity index (χ2n) is 8.57. The lowest BCUT2D eigenvalue weighted by atomic mass is 9.98. The normalized spacial score (nSPS) is 12.9. The largest absolute Gasteiger partial charge is 0.481 e. The average Bonchev–Trinajstić information content (AvgIpc) is 3.17. The summed E-state index contributed by atoms with van der Waals surface area (Å²) in [6, 6.07) is 21.0. The minimum absolute atomic E-state index is 0.0608. The van der Waals surface area contributed by atoms with E-state index < -0.39 is 18.0 Å². The maximum atomic E-state index is 12.8. The first-order valence-corrected chi connectivity index (χ1v) is 12.0. The molecule has 0 saturated heterocycles. The number of fused-ring (bicyclic) bond motifs is 3. The lowest BCUT2D eigenvalue weighted by Crippen LogP contribution is -2.33. The van der Waals surface area contributed by atoms with Gasteiger partial charge < -0.3 is 14.7 Å². The molecule has 8 heteroatoms. The molecule has 0 fully saturated rings. The van der Waals surface area contributed by atoms with Crippen molar-refractivity contribution in [2.24, 2.45) is 5.92 Å². The molecule has 3 aromatic carbocycles. The molecule has 7 nitrogen and oxygen atoms in total. The monoisotopic (exact) mass is 536 g/mol. The molecule has 0 aromatic heterocycles. The van der Waals surface area contributed by atoms with Gasteiger partial charge in [0.2, 0.25) is 0 Å². The van der Waals surface area contributed by atoms with Crippen LogP contribution in [-0.2, 0) is 9.53 Å². The number of hydrogen-bond donors (Lipinski definition) is 2. The van der Waals surface area contributed by atoms with Crippen LogP contribution in [0.25, 0.3) is 11.1 Å². The minimum atomic E-state index is -0.974. The van der Waals surface area contributed by atoms with Gasteiger partial charge in [-0.3, -0.25) is 14.9 Å². The van der Waals surface area contributed by atoms with E-state index in [4.69, 9.17) is 9.84 Å². The van der Waals surface area contributed by atoms with Crippen LogP contribution >= 0.6 is 15.9 Å². The molecule has 2 N–H and O–H groups in total. The van der Waals surface area contributed by atoms with Crippen molar-refractivity contribution in [1.82, 2.24) is 4.90 Å². The molecule has 0 bridgehead atoms. The van der Waals surface area contributed by atoms with E-state index in [1.807, 2.05) is 24.3 Å². The zero-order chi connectivity index (χ0) is 25.1. The number of carboxylic acid groups (broad SMARTS) is 1. The van der Waals surface area contributed by atoms with Crippen LogP contribution in [0.1, 0.15) is 34.3 Å². The summed E-state index contributed by atoms with van der Waals surface area (Å²) < 4.78 is 6.18. The molecule has 0 heterocycles. The third kappa shape index (κ3) is 5.22. The summed E-state index contributed by atoms with van der Waals surface area (Å²) in [6.45, 7) is 1.78. The van der Waals surface area contributed by atoms with Crippen molar-refractivity contribution in [3.63, 3.8) is 0 Å². The predicted molar refractivity (Wildman–Crippen MR) is 137 cm³/mol. The average molecular weight is 537 g/mol. The molecular formula is C27H25BrN2O5. The maximum Gasteiger partial charge on any atom is 0.411 e. The lowest BCUT2D eigenvalue weighted by Gasteiger charge is -2.20. The van der Waals surface area contributed by atoms with E-state index in [2.05, 4.69) is 45.5 Å². The molecule has 0 spiro atoms. The number of ether oxygens (including phenoxy) is 1. The lowest BCUT2D eigenvalue weighted by molar-refractivity contribution is -0.141. The van der Waals surface area contributed by atoms with Gasteiger partial charge in [-0.1, -0.05) is 55.5 Å². The van der Waals surface area contributed by atoms with Gasteiger partial charge in [0.05, 0.1) is 11.6 Å². The molecule has 1 unspecified atom stereocenters. The van der Waals surface area contributed by atoms with E-state index in [1.54, 1.807) is 19.2 Å². The van der Waals surface area contributed by atoms with Crippen molar-refractivity contribution in [2.45, 2.75) is 12.8 Å². The smallest absolute Gasteiger partial charge is 0.411 e. The van der Waals surface area contributed by atoms with Crippen molar-refractivity contribution in [2.75, 3.05) is 25.5 Å². The predicted octanol–water partition coefficient (Wildman–Crippen LogP) is 5.60. The summed E-state index contributed by atoms with van der Waals surface area (Å²) >= 11 is 3.39. The zero-order valence-electron chi connectivity index (χ0n) is 19.3. The van der Waals surface area contributed by atoms with Gasteiger partial charge in [-0.25, -0.2) is 4.79 Å². The Labute approximate surface area is 211 Å². The molecule has 4 rings (SSSR count). The number of anilines is 1. The van der Waals surface area contributed by atoms with E-state index in [0.717, 1.165) is 22.3 Å². The van der Waals surface area contributed by atoms with Crippen LogP contribution < -0.4 is 5.32 Å². The van der Waals surface area contributed by atoms with Crippen molar-refractivity contribution < 1.29 is 24.2 Å². The van der Waals surface area contributed by atoms with E-state index in [1.165, 1.54) is 17.9 Å². The van der Waals surface area contributed by atoms with Crippen molar-refractivity contribution in [1.29, 1.82) is 0 Å². The standard InChI is InChI=1S/C27H25BrN2O5/c1-16(26(32)33)14-30(2)25(31)17-11-12-23(28)24(13-17)29-27(34)35-15-22-20-9-5-3-7-18(20)19-8-4-6-10-21(19)22/h3-13,16,22H,14-15H2,1-2H3,(H,29,34)(H,32,33). The first-order chi connectivity index (χ1) is 16.8. The molecule has 1 aliphatic rings. The van der Waals surface area contributed by atoms with Crippen LogP contribution in [0.3, 0.4) is 0 Å². The van der Waals surface area contributed by atoms with Crippen molar-refractivity contribution >= 4 is 39.6 Å². The third-order valence-electron chi connectivity index (χ3n) is 6.11. The van der Waals surface area contributed by atoms with Crippen LogP contribution in [-0.4, -0.2) is 48.2 Å². The van der Waals surface area contributed by atoms with Gasteiger partial charge in [-0.2, -0.15) is 0 Å². The fraction of sp³-hybridized carbons (Fsp3) is 0.222. The van der Waals surface area contributed by atoms with Crippen LogP contribution in [0.15, 0.2) is 71.2 Å². The van der Waals surface area contributed by atoms with Gasteiger partial charge in [0.25, 0.3) is 5.91 Å². The quantitative estimate of drug-likeness (QED) is 0.409. The number of rotatable bonds is 7. The third-order valence-corrected chi connectivity index (χ3v) is 6.80. The Balaban J connectivity index is 1.44. The summed E-state index contributed by atoms with van der Waals surface area (Å²) in [6.07, 6.45) is -0.634. The minimum Gasteiger partial charge on any atom is -0.481 e. The highest BCUT2D eigenvalue weighted by atomic mass is 79.9. The number of hydrogen-bond acceptors (Lipinski definition) is 4. The summed E-state index contributed by atoms with van der Waals surface area (Å²) in [7, 11) is 1.54. The summed E-state index contributed by atoms with van der Waals surface area (Å²) in [4.78, 5) is 37.9. The van der Waals surface area contributed by atoms with Crippen LogP contribution in [0.2, 0.25) is 0 Å². The molecule has 180 valence electrons. The van der Waals surface area contributed by atoms with Gasteiger partial charge in [0.15, 0.2) is 0 Å². The number of carbonyl (C=O) groups is 3. The van der Waals surface area contributed by atoms with Crippen LogP contribution in [0.5, 0.6) is 0 Å². The highest BCUT2D eigenvalue weighted by Gasteiger charge is 2.29. The molecule has 0 radical (unpaired) electrons. The Kier molecular flexibility index (Phi) is 7.21. The van der Waals surface area contributed by atoms with Gasteiger partial charge in [-0.05, 0) is 56.4 Å². The molecule has 0 aliphatic heterocycles. The molecule has 1 atom stereocenters. The van der Waals surface area contributed by atoms with E-state index in [9.17, 15) is 14.4 Å². The second-order valence-corrected chi connectivity index (χ2v) is 9.42. The Morgan fingerprint density at radius 3 is 2.23 bits per heavy atom. The number of carboxylic acids is 1. The molecule has 1 aliphatic carbocycles. The highest BCUT2D eigenvalue weighted by molar-refractivity contribution is 9.10. The summed E-state index contributed by atoms with van der Waals surface area (Å²) in [5.74, 6) is -2.08. The SMILES string of the molecule is CC(CN(C)C(=O)c1ccc(Br)c(NC(=O)OCC2c3ccccc3-c3ccccc32)c1)C(=O)O. The van der Waals surface area contributed by atoms with Gasteiger partial charge in [-0.15, -0.1) is 0 Å². The van der Waals surface area contributed by atoms with Crippen LogP contribution in [0.4, 0.5) is 10.5 Å². The van der Waals surface area contributed by atoms with Gasteiger partial charge in [0.1, 0.15) is 6.61 Å². The zero-order valence-corrected chi connectivity index (χ0v) is 20.9. The van der Waals surface area contributed by atoms with E-state index in [0.29, 0.717) is 15.7 Å². The Hall–Kier alpha value is -3.65. The van der Waals surface area contributed by atoms with E-state index in [-0.39, 0.29) is 25.0 Å². The first-order valence-electron chi connectivity index (χ1n) is 11.2. The highest BCUT2D eigenvalue weighted by Crippen LogP contribution is 2.44. The number of benzene rings is 3. The summed E-state index contributed by atoms with van der Waals surface area (Å²) in [5, 5.41) is 11.8. The molecular weight excluding hydrogens is 512 g/mol. The number of aliphatic carboxylic acids is 1. The number of amides is 2. The fourth-order valence-electron chi connectivity index (χ4n) is 4.29. The molecule has 35 heavy (non-hydrogen) atoms. The Morgan fingerprint density at radius 2 is 1.63 bits per heavy atom. The van der Waals surface area contributed by atoms with Gasteiger partial charge in [0, 0.05) is 29.5 Å².